The Morgan fingerprint density at radius 2 is 1.89 bits per heavy atom. The molecule has 3 aromatic rings. The molecule has 0 saturated carbocycles. The van der Waals surface area contributed by atoms with Gasteiger partial charge in [-0.25, -0.2) is 0 Å². The highest BCUT2D eigenvalue weighted by atomic mass is 35.5. The van der Waals surface area contributed by atoms with E-state index in [1.54, 1.807) is 18.2 Å². The first kappa shape index (κ1) is 18.6. The third kappa shape index (κ3) is 3.63. The van der Waals surface area contributed by atoms with Crippen molar-refractivity contribution in [3.63, 3.8) is 0 Å². The molecule has 1 aliphatic heterocycles. The van der Waals surface area contributed by atoms with Gasteiger partial charge in [0.15, 0.2) is 0 Å². The predicted molar refractivity (Wildman–Crippen MR) is 113 cm³/mol. The van der Waals surface area contributed by atoms with Crippen molar-refractivity contribution in [2.75, 3.05) is 29.9 Å². The molecule has 2 heterocycles. The van der Waals surface area contributed by atoms with Gasteiger partial charge in [-0.15, -0.1) is 0 Å². The molecule has 0 atom stereocenters. The Kier molecular flexibility index (Phi) is 5.37. The predicted octanol–water partition coefficient (Wildman–Crippen LogP) is 4.84. The summed E-state index contributed by atoms with van der Waals surface area (Å²) in [6.45, 7) is 2.32. The third-order valence-corrected chi connectivity index (χ3v) is 5.17. The largest absolute Gasteiger partial charge is 0.468 e. The second-order valence-corrected chi connectivity index (χ2v) is 7.21. The van der Waals surface area contributed by atoms with Gasteiger partial charge in [0.1, 0.15) is 5.76 Å². The summed E-state index contributed by atoms with van der Waals surface area (Å²) >= 11 is 6.22. The van der Waals surface area contributed by atoms with E-state index in [0.717, 1.165) is 42.3 Å². The molecule has 0 spiro atoms. The number of carbonyl (C=O) groups is 1. The molecule has 0 bridgehead atoms. The lowest BCUT2D eigenvalue weighted by atomic mass is 10.1. The molecule has 2 aromatic carbocycles. The molecule has 1 aliphatic rings. The molecule has 1 amide bonds. The zero-order chi connectivity index (χ0) is 19.5. The van der Waals surface area contributed by atoms with Crippen molar-refractivity contribution >= 4 is 34.6 Å². The van der Waals surface area contributed by atoms with Crippen molar-refractivity contribution in [1.82, 2.24) is 5.32 Å². The molecule has 5 nitrogen and oxygen atoms in total. The zero-order valence-corrected chi connectivity index (χ0v) is 16.4. The van der Waals surface area contributed by atoms with Crippen molar-refractivity contribution in [1.29, 1.82) is 0 Å². The molecule has 144 valence electrons. The molecule has 0 unspecified atom stereocenters. The Morgan fingerprint density at radius 1 is 1.04 bits per heavy atom. The monoisotopic (exact) mass is 395 g/mol. The van der Waals surface area contributed by atoms with Crippen LogP contribution in [0.2, 0.25) is 5.02 Å². The van der Waals surface area contributed by atoms with Gasteiger partial charge >= 0.3 is 0 Å². The first-order valence-electron chi connectivity index (χ1n) is 9.32. The minimum Gasteiger partial charge on any atom is -0.468 e. The van der Waals surface area contributed by atoms with Crippen molar-refractivity contribution in [3.05, 3.63) is 77.2 Å². The van der Waals surface area contributed by atoms with Gasteiger partial charge in [-0.1, -0.05) is 23.7 Å². The number of carbonyl (C=O) groups excluding carboxylic acids is 1. The zero-order valence-electron chi connectivity index (χ0n) is 15.7. The minimum atomic E-state index is -0.0300. The number of nitrogens with one attached hydrogen (secondary N) is 1. The fraction of sp³-hybridized carbons (Fsp3) is 0.227. The van der Waals surface area contributed by atoms with Gasteiger partial charge in [0.2, 0.25) is 0 Å². The SMILES string of the molecule is CN1C(=O)c2ccccc2N(CCCNCc2ccco2)c2ccc(Cl)cc21. The van der Waals surface area contributed by atoms with Gasteiger partial charge in [-0.05, 0) is 55.4 Å². The van der Waals surface area contributed by atoms with Crippen LogP contribution < -0.4 is 15.1 Å². The van der Waals surface area contributed by atoms with Crippen LogP contribution in [0.4, 0.5) is 17.1 Å². The molecule has 0 aliphatic carbocycles. The number of benzene rings is 2. The molecular weight excluding hydrogens is 374 g/mol. The van der Waals surface area contributed by atoms with Crippen molar-refractivity contribution < 1.29 is 9.21 Å². The van der Waals surface area contributed by atoms with E-state index in [0.29, 0.717) is 17.1 Å². The number of hydrogen-bond acceptors (Lipinski definition) is 4. The summed E-state index contributed by atoms with van der Waals surface area (Å²) in [5.74, 6) is 0.893. The number of furan rings is 1. The first-order chi connectivity index (χ1) is 13.6. The van der Waals surface area contributed by atoms with Crippen LogP contribution in [0.3, 0.4) is 0 Å². The summed E-state index contributed by atoms with van der Waals surface area (Å²) in [6, 6.07) is 17.3. The Hall–Kier alpha value is -2.76. The lowest BCUT2D eigenvalue weighted by Crippen LogP contribution is -2.25. The maximum absolute atomic E-state index is 13.0. The van der Waals surface area contributed by atoms with E-state index in [-0.39, 0.29) is 5.91 Å². The molecular formula is C22H22ClN3O2. The van der Waals surface area contributed by atoms with Gasteiger partial charge in [-0.3, -0.25) is 4.79 Å². The van der Waals surface area contributed by atoms with Gasteiger partial charge in [0.25, 0.3) is 5.91 Å². The van der Waals surface area contributed by atoms with E-state index in [1.165, 1.54) is 0 Å². The van der Waals surface area contributed by atoms with Gasteiger partial charge in [-0.2, -0.15) is 0 Å². The Morgan fingerprint density at radius 3 is 2.71 bits per heavy atom. The van der Waals surface area contributed by atoms with Crippen LogP contribution in [0.15, 0.2) is 65.3 Å². The van der Waals surface area contributed by atoms with E-state index >= 15 is 0 Å². The standard InChI is InChI=1S/C22H22ClN3O2/c1-25-21-14-16(23)9-10-20(21)26(19-8-3-2-7-18(19)22(25)27)12-5-11-24-15-17-6-4-13-28-17/h2-4,6-10,13-14,24H,5,11-12,15H2,1H3. The minimum absolute atomic E-state index is 0.0300. The quantitative estimate of drug-likeness (QED) is 0.606. The summed E-state index contributed by atoms with van der Waals surface area (Å²) in [6.07, 6.45) is 2.59. The van der Waals surface area contributed by atoms with E-state index < -0.39 is 0 Å². The average molecular weight is 396 g/mol. The molecule has 1 aromatic heterocycles. The highest BCUT2D eigenvalue weighted by Gasteiger charge is 2.28. The van der Waals surface area contributed by atoms with E-state index in [9.17, 15) is 4.79 Å². The number of fused-ring (bicyclic) bond motifs is 2. The lowest BCUT2D eigenvalue weighted by Gasteiger charge is -2.27. The van der Waals surface area contributed by atoms with Gasteiger partial charge in [0.05, 0.1) is 35.4 Å². The van der Waals surface area contributed by atoms with Crippen molar-refractivity contribution in [3.8, 4) is 0 Å². The number of nitrogens with zero attached hydrogens (tertiary/aromatic N) is 2. The molecule has 0 saturated heterocycles. The van der Waals surface area contributed by atoms with Crippen LogP contribution >= 0.6 is 11.6 Å². The second kappa shape index (κ2) is 8.09. The summed E-state index contributed by atoms with van der Waals surface area (Å²) in [5.41, 5.74) is 3.42. The fourth-order valence-corrected chi connectivity index (χ4v) is 3.70. The summed E-state index contributed by atoms with van der Waals surface area (Å²) in [7, 11) is 1.79. The summed E-state index contributed by atoms with van der Waals surface area (Å²) in [5, 5.41) is 4.01. The van der Waals surface area contributed by atoms with Crippen molar-refractivity contribution in [2.24, 2.45) is 0 Å². The molecule has 4 rings (SSSR count). The number of hydrogen-bond donors (Lipinski definition) is 1. The Balaban J connectivity index is 1.57. The number of anilines is 3. The molecule has 0 fully saturated rings. The van der Waals surface area contributed by atoms with Crippen LogP contribution in [-0.4, -0.2) is 26.0 Å². The lowest BCUT2D eigenvalue weighted by molar-refractivity contribution is 0.0994. The fourth-order valence-electron chi connectivity index (χ4n) is 3.53. The number of halogens is 1. The third-order valence-electron chi connectivity index (χ3n) is 4.93. The average Bonchev–Trinajstić information content (AvgIpc) is 3.21. The van der Waals surface area contributed by atoms with E-state index in [4.69, 9.17) is 16.0 Å². The normalized spacial score (nSPS) is 13.3. The van der Waals surface area contributed by atoms with Crippen LogP contribution in [0, 0.1) is 0 Å². The molecule has 1 N–H and O–H groups in total. The van der Waals surface area contributed by atoms with E-state index in [1.807, 2.05) is 54.6 Å². The Bertz CT molecular complexity index is 972. The van der Waals surface area contributed by atoms with Crippen LogP contribution in [0.5, 0.6) is 0 Å². The Labute approximate surface area is 169 Å². The number of rotatable bonds is 6. The molecule has 0 radical (unpaired) electrons. The maximum atomic E-state index is 13.0. The van der Waals surface area contributed by atoms with Crippen LogP contribution in [0.25, 0.3) is 0 Å². The number of amides is 1. The maximum Gasteiger partial charge on any atom is 0.260 e. The number of para-hydroxylation sites is 1. The second-order valence-electron chi connectivity index (χ2n) is 6.78. The molecule has 6 heteroatoms. The van der Waals surface area contributed by atoms with Crippen molar-refractivity contribution in [2.45, 2.75) is 13.0 Å². The summed E-state index contributed by atoms with van der Waals surface area (Å²) < 4.78 is 5.35. The topological polar surface area (TPSA) is 48.7 Å². The van der Waals surface area contributed by atoms with Gasteiger partial charge in [0, 0.05) is 18.6 Å². The van der Waals surface area contributed by atoms with Gasteiger partial charge < -0.3 is 19.5 Å². The smallest absolute Gasteiger partial charge is 0.260 e. The highest BCUT2D eigenvalue weighted by Crippen LogP contribution is 2.41. The highest BCUT2D eigenvalue weighted by molar-refractivity contribution is 6.31. The van der Waals surface area contributed by atoms with E-state index in [2.05, 4.69) is 10.2 Å². The van der Waals surface area contributed by atoms with Crippen LogP contribution in [-0.2, 0) is 6.54 Å². The first-order valence-corrected chi connectivity index (χ1v) is 9.70. The summed E-state index contributed by atoms with van der Waals surface area (Å²) in [4.78, 5) is 16.9. The molecule has 28 heavy (non-hydrogen) atoms. The van der Waals surface area contributed by atoms with Crippen LogP contribution in [0.1, 0.15) is 22.5 Å².